The zero-order valence-electron chi connectivity index (χ0n) is 17.8. The van der Waals surface area contributed by atoms with Crippen LogP contribution >= 0.6 is 0 Å². The first-order valence-corrected chi connectivity index (χ1v) is 9.59. The number of carbonyl (C=O) groups is 1. The molecule has 30 heavy (non-hydrogen) atoms. The zero-order chi connectivity index (χ0) is 22.1. The van der Waals surface area contributed by atoms with Crippen molar-refractivity contribution >= 4 is 17.1 Å². The Morgan fingerprint density at radius 2 is 1.70 bits per heavy atom. The van der Waals surface area contributed by atoms with E-state index in [-0.39, 0.29) is 36.3 Å². The van der Waals surface area contributed by atoms with Gasteiger partial charge in [-0.3, -0.25) is 18.7 Å². The predicted molar refractivity (Wildman–Crippen MR) is 112 cm³/mol. The van der Waals surface area contributed by atoms with Crippen LogP contribution in [0.1, 0.15) is 26.3 Å². The third-order valence-corrected chi connectivity index (χ3v) is 4.85. The highest BCUT2D eigenvalue weighted by Gasteiger charge is 2.16. The fraction of sp³-hybridized carbons (Fsp3) is 0.429. The first-order chi connectivity index (χ1) is 14.1. The third kappa shape index (κ3) is 4.29. The van der Waals surface area contributed by atoms with Gasteiger partial charge in [-0.25, -0.2) is 9.78 Å². The molecule has 0 bridgehead atoms. The molecule has 1 aromatic carbocycles. The molecule has 0 N–H and O–H groups in total. The molecule has 0 aliphatic carbocycles. The lowest BCUT2D eigenvalue weighted by Gasteiger charge is -2.19. The lowest BCUT2D eigenvalue weighted by molar-refractivity contribution is -0.145. The van der Waals surface area contributed by atoms with Crippen LogP contribution in [0.4, 0.5) is 0 Å². The Bertz CT molecular complexity index is 1180. The molecule has 9 heteroatoms. The second-order valence-electron chi connectivity index (χ2n) is 8.09. The van der Waals surface area contributed by atoms with Crippen LogP contribution in [0.25, 0.3) is 11.2 Å². The molecule has 2 heterocycles. The normalized spacial score (nSPS) is 11.6. The van der Waals surface area contributed by atoms with Crippen molar-refractivity contribution in [3.63, 3.8) is 0 Å². The smallest absolute Gasteiger partial charge is 0.332 e. The highest BCUT2D eigenvalue weighted by atomic mass is 16.6. The highest BCUT2D eigenvalue weighted by molar-refractivity contribution is 5.75. The van der Waals surface area contributed by atoms with Gasteiger partial charge in [0.15, 0.2) is 11.2 Å². The van der Waals surface area contributed by atoms with E-state index in [0.29, 0.717) is 5.75 Å². The minimum absolute atomic E-state index is 0.0683. The number of esters is 1. The highest BCUT2D eigenvalue weighted by Crippen LogP contribution is 2.24. The SMILES string of the molecule is Cn1c(=O)c2c(ncn2CC(=O)OCCOc2ccc(C(C)(C)C)cc2)n(C)c1=O. The number of nitrogens with zero attached hydrogens (tertiary/aromatic N) is 4. The molecule has 2 aromatic heterocycles. The van der Waals surface area contributed by atoms with Crippen molar-refractivity contribution in [1.82, 2.24) is 18.7 Å². The summed E-state index contributed by atoms with van der Waals surface area (Å²) in [7, 11) is 2.90. The molecule has 0 saturated carbocycles. The maximum atomic E-state index is 12.4. The second kappa shape index (κ2) is 8.17. The van der Waals surface area contributed by atoms with Crippen molar-refractivity contribution in [3.8, 4) is 5.75 Å². The number of carbonyl (C=O) groups excluding carboxylic acids is 1. The summed E-state index contributed by atoms with van der Waals surface area (Å²) < 4.78 is 14.4. The summed E-state index contributed by atoms with van der Waals surface area (Å²) in [6.07, 6.45) is 1.35. The first-order valence-electron chi connectivity index (χ1n) is 9.59. The molecular weight excluding hydrogens is 388 g/mol. The van der Waals surface area contributed by atoms with Gasteiger partial charge in [0.25, 0.3) is 5.56 Å². The standard InChI is InChI=1S/C21H26N4O5/c1-21(2,3)14-6-8-15(9-7-14)29-10-11-30-16(26)12-25-13-22-18-17(25)19(27)24(5)20(28)23(18)4/h6-9,13H,10-12H2,1-5H3. The Morgan fingerprint density at radius 1 is 1.03 bits per heavy atom. The number of fused-ring (bicyclic) bond motifs is 1. The van der Waals surface area contributed by atoms with Crippen molar-refractivity contribution < 1.29 is 14.3 Å². The number of benzene rings is 1. The van der Waals surface area contributed by atoms with E-state index in [9.17, 15) is 14.4 Å². The summed E-state index contributed by atoms with van der Waals surface area (Å²) in [4.78, 5) is 40.6. The number of hydrogen-bond acceptors (Lipinski definition) is 6. The number of hydrogen-bond donors (Lipinski definition) is 0. The van der Waals surface area contributed by atoms with E-state index in [1.165, 1.54) is 35.1 Å². The topological polar surface area (TPSA) is 97.3 Å². The molecule has 0 saturated heterocycles. The number of imidazole rings is 1. The molecule has 0 fully saturated rings. The predicted octanol–water partition coefficient (Wildman–Crippen LogP) is 1.35. The third-order valence-electron chi connectivity index (χ3n) is 4.85. The van der Waals surface area contributed by atoms with Crippen LogP contribution in [0.2, 0.25) is 0 Å². The average Bonchev–Trinajstić information content (AvgIpc) is 3.11. The number of rotatable bonds is 6. The van der Waals surface area contributed by atoms with Crippen molar-refractivity contribution in [1.29, 1.82) is 0 Å². The average molecular weight is 414 g/mol. The minimum atomic E-state index is -0.531. The Morgan fingerprint density at radius 3 is 2.33 bits per heavy atom. The number of aromatic nitrogens is 4. The summed E-state index contributed by atoms with van der Waals surface area (Å²) in [6, 6.07) is 7.80. The summed E-state index contributed by atoms with van der Waals surface area (Å²) in [6.45, 7) is 6.51. The van der Waals surface area contributed by atoms with Crippen molar-refractivity contribution in [2.45, 2.75) is 32.7 Å². The van der Waals surface area contributed by atoms with E-state index < -0.39 is 17.2 Å². The van der Waals surface area contributed by atoms with Crippen LogP contribution in [-0.4, -0.2) is 37.9 Å². The Hall–Kier alpha value is -3.36. The van der Waals surface area contributed by atoms with Crippen LogP contribution in [-0.2, 0) is 35.6 Å². The molecule has 0 amide bonds. The Kier molecular flexibility index (Phi) is 5.82. The van der Waals surface area contributed by atoms with Crippen molar-refractivity contribution in [2.24, 2.45) is 14.1 Å². The lowest BCUT2D eigenvalue weighted by Crippen LogP contribution is -2.37. The van der Waals surface area contributed by atoms with E-state index in [2.05, 4.69) is 25.8 Å². The van der Waals surface area contributed by atoms with Gasteiger partial charge in [-0.15, -0.1) is 0 Å². The Balaban J connectivity index is 1.57. The maximum Gasteiger partial charge on any atom is 0.332 e. The maximum absolute atomic E-state index is 12.4. The van der Waals surface area contributed by atoms with Gasteiger partial charge < -0.3 is 14.0 Å². The van der Waals surface area contributed by atoms with Gasteiger partial charge in [0.05, 0.1) is 6.33 Å². The van der Waals surface area contributed by atoms with Crippen molar-refractivity contribution in [3.05, 3.63) is 57.0 Å². The van der Waals surface area contributed by atoms with E-state index in [1.54, 1.807) is 0 Å². The summed E-state index contributed by atoms with van der Waals surface area (Å²) >= 11 is 0. The van der Waals surface area contributed by atoms with Crippen LogP contribution in [0, 0.1) is 0 Å². The van der Waals surface area contributed by atoms with Crippen LogP contribution in [0.5, 0.6) is 5.75 Å². The number of ether oxygens (including phenoxy) is 2. The summed E-state index contributed by atoms with van der Waals surface area (Å²) in [5.74, 6) is 0.168. The second-order valence-corrected chi connectivity index (χ2v) is 8.09. The number of aryl methyl sites for hydroxylation is 1. The molecule has 3 aromatic rings. The van der Waals surface area contributed by atoms with Gasteiger partial charge in [-0.05, 0) is 23.1 Å². The molecule has 0 spiro atoms. The first kappa shape index (κ1) is 21.4. The van der Waals surface area contributed by atoms with Crippen molar-refractivity contribution in [2.75, 3.05) is 13.2 Å². The van der Waals surface area contributed by atoms with Gasteiger partial charge in [-0.1, -0.05) is 32.9 Å². The van der Waals surface area contributed by atoms with Gasteiger partial charge in [-0.2, -0.15) is 0 Å². The molecule has 0 atom stereocenters. The fourth-order valence-corrected chi connectivity index (χ4v) is 3.07. The molecule has 0 radical (unpaired) electrons. The Labute approximate surface area is 173 Å². The van der Waals surface area contributed by atoms with E-state index in [0.717, 1.165) is 4.57 Å². The molecular formula is C21H26N4O5. The lowest BCUT2D eigenvalue weighted by atomic mass is 9.87. The van der Waals surface area contributed by atoms with Crippen LogP contribution in [0.3, 0.4) is 0 Å². The molecule has 0 aliphatic heterocycles. The van der Waals surface area contributed by atoms with Crippen LogP contribution < -0.4 is 16.0 Å². The monoisotopic (exact) mass is 414 g/mol. The molecule has 3 rings (SSSR count). The van der Waals surface area contributed by atoms with Gasteiger partial charge >= 0.3 is 11.7 Å². The largest absolute Gasteiger partial charge is 0.490 e. The van der Waals surface area contributed by atoms with E-state index >= 15 is 0 Å². The summed E-state index contributed by atoms with van der Waals surface area (Å²) in [5, 5.41) is 0. The van der Waals surface area contributed by atoms with E-state index in [4.69, 9.17) is 9.47 Å². The minimum Gasteiger partial charge on any atom is -0.490 e. The quantitative estimate of drug-likeness (QED) is 0.446. The molecule has 0 aliphatic rings. The molecule has 0 unspecified atom stereocenters. The molecule has 9 nitrogen and oxygen atoms in total. The van der Waals surface area contributed by atoms with Gasteiger partial charge in [0.1, 0.15) is 25.5 Å². The van der Waals surface area contributed by atoms with Gasteiger partial charge in [0, 0.05) is 14.1 Å². The molecule has 160 valence electrons. The van der Waals surface area contributed by atoms with Crippen LogP contribution in [0.15, 0.2) is 40.2 Å². The fourth-order valence-electron chi connectivity index (χ4n) is 3.07. The van der Waals surface area contributed by atoms with E-state index in [1.807, 2.05) is 24.3 Å². The summed E-state index contributed by atoms with van der Waals surface area (Å²) in [5.41, 5.74) is 0.675. The zero-order valence-corrected chi connectivity index (χ0v) is 17.8. The van der Waals surface area contributed by atoms with Gasteiger partial charge in [0.2, 0.25) is 0 Å².